The summed E-state index contributed by atoms with van der Waals surface area (Å²) in [5.41, 5.74) is 2.62. The van der Waals surface area contributed by atoms with E-state index in [9.17, 15) is 9.59 Å². The van der Waals surface area contributed by atoms with E-state index in [0.29, 0.717) is 12.5 Å². The monoisotopic (exact) mass is 549 g/mol. The summed E-state index contributed by atoms with van der Waals surface area (Å²) in [6, 6.07) is 31.2. The Balaban J connectivity index is 1.13. The van der Waals surface area contributed by atoms with Crippen molar-refractivity contribution in [2.45, 2.75) is 55.8 Å². The molecule has 2 unspecified atom stereocenters. The molecule has 3 aromatic carbocycles. The van der Waals surface area contributed by atoms with Crippen LogP contribution in [0, 0.1) is 5.92 Å². The average molecular weight is 550 g/mol. The van der Waals surface area contributed by atoms with Gasteiger partial charge in [-0.15, -0.1) is 0 Å². The van der Waals surface area contributed by atoms with Crippen molar-refractivity contribution in [3.05, 3.63) is 108 Å². The summed E-state index contributed by atoms with van der Waals surface area (Å²) in [6.07, 6.45) is 6.82. The summed E-state index contributed by atoms with van der Waals surface area (Å²) in [6.45, 7) is 5.07. The lowest BCUT2D eigenvalue weighted by molar-refractivity contribution is -0.140. The normalized spacial score (nSPS) is 24.0. The lowest BCUT2D eigenvalue weighted by Gasteiger charge is -2.44. The van der Waals surface area contributed by atoms with Crippen molar-refractivity contribution in [3.63, 3.8) is 0 Å². The number of carbonyl (C=O) groups is 2. The Morgan fingerprint density at radius 3 is 1.95 bits per heavy atom. The van der Waals surface area contributed by atoms with Crippen molar-refractivity contribution in [2.24, 2.45) is 5.92 Å². The third kappa shape index (κ3) is 5.70. The molecule has 214 valence electrons. The van der Waals surface area contributed by atoms with Gasteiger partial charge in [0.15, 0.2) is 0 Å². The van der Waals surface area contributed by atoms with Crippen molar-refractivity contribution in [1.82, 2.24) is 15.1 Å². The van der Waals surface area contributed by atoms with Crippen LogP contribution in [-0.4, -0.2) is 60.9 Å². The number of nitrogens with zero attached hydrogens (tertiary/aromatic N) is 2. The van der Waals surface area contributed by atoms with E-state index >= 15 is 0 Å². The Labute approximate surface area is 244 Å². The van der Waals surface area contributed by atoms with Crippen LogP contribution in [-0.2, 0) is 26.8 Å². The first kappa shape index (κ1) is 27.7. The molecule has 3 aromatic rings. The fourth-order valence-corrected chi connectivity index (χ4v) is 7.38. The molecule has 1 saturated carbocycles. The molecule has 5 nitrogen and oxygen atoms in total. The van der Waals surface area contributed by atoms with Gasteiger partial charge in [-0.2, -0.15) is 0 Å². The highest BCUT2D eigenvalue weighted by Gasteiger charge is 2.61. The largest absolute Gasteiger partial charge is 0.355 e. The molecule has 2 saturated heterocycles. The summed E-state index contributed by atoms with van der Waals surface area (Å²) >= 11 is 0. The van der Waals surface area contributed by atoms with E-state index in [1.165, 1.54) is 12.0 Å². The van der Waals surface area contributed by atoms with Gasteiger partial charge in [-0.3, -0.25) is 9.59 Å². The number of benzene rings is 3. The fourth-order valence-electron chi connectivity index (χ4n) is 7.38. The van der Waals surface area contributed by atoms with Crippen LogP contribution in [0.3, 0.4) is 0 Å². The van der Waals surface area contributed by atoms with Gasteiger partial charge in [0.1, 0.15) is 0 Å². The molecule has 1 aliphatic carbocycles. The molecule has 2 amide bonds. The van der Waals surface area contributed by atoms with Gasteiger partial charge >= 0.3 is 0 Å². The average Bonchev–Trinajstić information content (AvgIpc) is 3.78. The molecule has 0 bridgehead atoms. The fraction of sp³-hybridized carbons (Fsp3) is 0.444. The molecule has 2 heterocycles. The Morgan fingerprint density at radius 1 is 0.732 bits per heavy atom. The van der Waals surface area contributed by atoms with E-state index in [1.807, 2.05) is 42.5 Å². The van der Waals surface area contributed by atoms with Crippen LogP contribution in [0.2, 0.25) is 0 Å². The van der Waals surface area contributed by atoms with Gasteiger partial charge in [0.25, 0.3) is 0 Å². The highest BCUT2D eigenvalue weighted by Crippen LogP contribution is 2.55. The molecule has 2 atom stereocenters. The molecular formula is C36H43N3O2. The highest BCUT2D eigenvalue weighted by molar-refractivity contribution is 5.92. The van der Waals surface area contributed by atoms with Crippen LogP contribution < -0.4 is 5.32 Å². The Hall–Kier alpha value is -3.44. The van der Waals surface area contributed by atoms with E-state index in [4.69, 9.17) is 0 Å². The molecule has 0 radical (unpaired) electrons. The van der Waals surface area contributed by atoms with E-state index in [1.54, 1.807) is 0 Å². The lowest BCUT2D eigenvalue weighted by Crippen LogP contribution is -2.54. The first-order chi connectivity index (χ1) is 20.1. The molecule has 3 fully saturated rings. The predicted octanol–water partition coefficient (Wildman–Crippen LogP) is 5.35. The zero-order chi connectivity index (χ0) is 28.1. The molecule has 0 aromatic heterocycles. The van der Waals surface area contributed by atoms with Crippen molar-refractivity contribution < 1.29 is 9.59 Å². The maximum Gasteiger partial charge on any atom is 0.233 e. The van der Waals surface area contributed by atoms with E-state index < -0.39 is 10.8 Å². The minimum Gasteiger partial charge on any atom is -0.355 e. The molecular weight excluding hydrogens is 506 g/mol. The number of rotatable bonds is 9. The zero-order valence-corrected chi connectivity index (χ0v) is 24.1. The first-order valence-electron chi connectivity index (χ1n) is 15.6. The summed E-state index contributed by atoms with van der Waals surface area (Å²) in [7, 11) is 0. The number of piperidine rings is 2. The lowest BCUT2D eigenvalue weighted by atomic mass is 9.71. The van der Waals surface area contributed by atoms with E-state index in [2.05, 4.69) is 63.6 Å². The number of carbonyl (C=O) groups excluding carboxylic acids is 2. The van der Waals surface area contributed by atoms with Gasteiger partial charge in [0.05, 0.1) is 10.8 Å². The minimum atomic E-state index is -0.463. The van der Waals surface area contributed by atoms with Crippen LogP contribution in [0.4, 0.5) is 0 Å². The second kappa shape index (κ2) is 12.2. The highest BCUT2D eigenvalue weighted by atomic mass is 16.2. The van der Waals surface area contributed by atoms with Crippen LogP contribution in [0.15, 0.2) is 91.0 Å². The van der Waals surface area contributed by atoms with Crippen LogP contribution in [0.25, 0.3) is 0 Å². The Bertz CT molecular complexity index is 1300. The van der Waals surface area contributed by atoms with E-state index in [0.717, 1.165) is 82.4 Å². The van der Waals surface area contributed by atoms with Crippen LogP contribution >= 0.6 is 0 Å². The quantitative estimate of drug-likeness (QED) is 0.392. The van der Waals surface area contributed by atoms with Gasteiger partial charge in [-0.05, 0) is 80.6 Å². The summed E-state index contributed by atoms with van der Waals surface area (Å²) in [5, 5.41) is 3.28. The van der Waals surface area contributed by atoms with Gasteiger partial charge in [0.2, 0.25) is 11.8 Å². The third-order valence-electron chi connectivity index (χ3n) is 9.91. The molecule has 2 aliphatic heterocycles. The van der Waals surface area contributed by atoms with Crippen LogP contribution in [0.5, 0.6) is 0 Å². The molecule has 5 heteroatoms. The second-order valence-electron chi connectivity index (χ2n) is 12.3. The van der Waals surface area contributed by atoms with Crippen molar-refractivity contribution in [3.8, 4) is 0 Å². The maximum absolute atomic E-state index is 14.1. The maximum atomic E-state index is 14.1. The number of amides is 2. The summed E-state index contributed by atoms with van der Waals surface area (Å²) in [4.78, 5) is 32.4. The molecule has 3 aliphatic rings. The second-order valence-corrected chi connectivity index (χ2v) is 12.3. The molecule has 41 heavy (non-hydrogen) atoms. The molecule has 1 N–H and O–H groups in total. The van der Waals surface area contributed by atoms with Crippen molar-refractivity contribution >= 4 is 11.8 Å². The summed E-state index contributed by atoms with van der Waals surface area (Å²) in [5.74, 6) is 0.759. The SMILES string of the molecule is O=C(N1CCCCC1)C1(c2ccccc2)CCN(CC2CC2(C(=O)NCCc2ccccc2)c2ccccc2)CC1. The smallest absolute Gasteiger partial charge is 0.233 e. The van der Waals surface area contributed by atoms with Gasteiger partial charge in [-0.25, -0.2) is 0 Å². The number of likely N-dealkylation sites (tertiary alicyclic amines) is 2. The van der Waals surface area contributed by atoms with Crippen molar-refractivity contribution in [2.75, 3.05) is 39.3 Å². The molecule has 6 rings (SSSR count). The van der Waals surface area contributed by atoms with Gasteiger partial charge < -0.3 is 15.1 Å². The number of hydrogen-bond acceptors (Lipinski definition) is 3. The standard InChI is InChI=1S/C36H43N3O2/c40-33(37-22-19-29-13-5-1-6-14-29)36(31-17-9-3-10-18-31)27-32(36)28-38-25-20-35(21-26-38,30-15-7-2-8-16-30)34(41)39-23-11-4-12-24-39/h1-3,5-10,13-18,32H,4,11-12,19-28H2,(H,37,40). The minimum absolute atomic E-state index is 0.153. The predicted molar refractivity (Wildman–Crippen MR) is 164 cm³/mol. The summed E-state index contributed by atoms with van der Waals surface area (Å²) < 4.78 is 0. The van der Waals surface area contributed by atoms with Crippen LogP contribution in [0.1, 0.15) is 55.2 Å². The Morgan fingerprint density at radius 2 is 1.32 bits per heavy atom. The van der Waals surface area contributed by atoms with E-state index in [-0.39, 0.29) is 11.8 Å². The molecule has 0 spiro atoms. The van der Waals surface area contributed by atoms with Crippen molar-refractivity contribution in [1.29, 1.82) is 0 Å². The first-order valence-corrected chi connectivity index (χ1v) is 15.6. The number of nitrogens with one attached hydrogen (secondary N) is 1. The number of hydrogen-bond donors (Lipinski definition) is 1. The Kier molecular flexibility index (Phi) is 8.25. The topological polar surface area (TPSA) is 52.7 Å². The van der Waals surface area contributed by atoms with Gasteiger partial charge in [0, 0.05) is 26.2 Å². The van der Waals surface area contributed by atoms with Gasteiger partial charge in [-0.1, -0.05) is 91.0 Å². The zero-order valence-electron chi connectivity index (χ0n) is 24.1. The third-order valence-corrected chi connectivity index (χ3v) is 9.91.